The number of amides is 2. The summed E-state index contributed by atoms with van der Waals surface area (Å²) in [5.74, 6) is 0.264. The van der Waals surface area contributed by atoms with E-state index in [0.29, 0.717) is 15.7 Å². The largest absolute Gasteiger partial charge is 0.342 e. The Balaban J connectivity index is 1.53. The fourth-order valence-corrected chi connectivity index (χ4v) is 3.96. The van der Waals surface area contributed by atoms with Gasteiger partial charge < -0.3 is 10.2 Å². The molecule has 1 aromatic carbocycles. The van der Waals surface area contributed by atoms with Crippen molar-refractivity contribution in [1.29, 1.82) is 0 Å². The van der Waals surface area contributed by atoms with Crippen LogP contribution in [0.3, 0.4) is 0 Å². The molecule has 2 aliphatic rings. The van der Waals surface area contributed by atoms with Crippen LogP contribution in [0.5, 0.6) is 0 Å². The van der Waals surface area contributed by atoms with Crippen molar-refractivity contribution in [3.05, 3.63) is 28.2 Å². The predicted molar refractivity (Wildman–Crippen MR) is 96.4 cm³/mol. The molecule has 1 aliphatic carbocycles. The number of carbonyl (C=O) groups excluding carboxylic acids is 2. The van der Waals surface area contributed by atoms with Gasteiger partial charge in [0.1, 0.15) is 0 Å². The van der Waals surface area contributed by atoms with Crippen molar-refractivity contribution >= 4 is 40.7 Å². The average molecular weight is 369 g/mol. The zero-order chi connectivity index (χ0) is 17.1. The monoisotopic (exact) mass is 368 g/mol. The first kappa shape index (κ1) is 17.6. The molecule has 2 fully saturated rings. The van der Waals surface area contributed by atoms with E-state index in [9.17, 15) is 9.59 Å². The van der Waals surface area contributed by atoms with Gasteiger partial charge in [-0.2, -0.15) is 0 Å². The molecule has 0 aromatic heterocycles. The Bertz CT molecular complexity index is 621. The van der Waals surface area contributed by atoms with Crippen molar-refractivity contribution in [3.8, 4) is 0 Å². The van der Waals surface area contributed by atoms with Crippen LogP contribution in [0, 0.1) is 11.8 Å². The maximum Gasteiger partial charge on any atom is 0.227 e. The number of halogens is 2. The minimum absolute atomic E-state index is 0.0359. The van der Waals surface area contributed by atoms with Gasteiger partial charge in [-0.15, -0.1) is 0 Å². The van der Waals surface area contributed by atoms with E-state index in [1.807, 2.05) is 4.90 Å². The Morgan fingerprint density at radius 1 is 1.00 bits per heavy atom. The molecule has 1 aromatic rings. The van der Waals surface area contributed by atoms with Crippen molar-refractivity contribution in [2.75, 3.05) is 18.4 Å². The van der Waals surface area contributed by atoms with E-state index >= 15 is 0 Å². The van der Waals surface area contributed by atoms with E-state index in [2.05, 4.69) is 5.32 Å². The van der Waals surface area contributed by atoms with Crippen LogP contribution in [0.25, 0.3) is 0 Å². The number of rotatable bonds is 3. The number of hydrogen-bond acceptors (Lipinski definition) is 2. The Morgan fingerprint density at radius 3 is 2.29 bits per heavy atom. The van der Waals surface area contributed by atoms with Gasteiger partial charge in [0.15, 0.2) is 0 Å². The first-order valence-corrected chi connectivity index (χ1v) is 9.35. The van der Waals surface area contributed by atoms with Gasteiger partial charge in [0, 0.05) is 29.9 Å². The fourth-order valence-electron chi connectivity index (χ4n) is 3.63. The maximum atomic E-state index is 12.5. The molecule has 1 aliphatic heterocycles. The lowest BCUT2D eigenvalue weighted by Crippen LogP contribution is -2.37. The highest BCUT2D eigenvalue weighted by atomic mass is 35.5. The maximum absolute atomic E-state index is 12.5. The summed E-state index contributed by atoms with van der Waals surface area (Å²) in [6.45, 7) is 1.79. The molecule has 0 bridgehead atoms. The lowest BCUT2D eigenvalue weighted by atomic mass is 9.81. The third kappa shape index (κ3) is 4.04. The molecule has 24 heavy (non-hydrogen) atoms. The second-order valence-electron chi connectivity index (χ2n) is 6.69. The summed E-state index contributed by atoms with van der Waals surface area (Å²) in [6, 6.07) is 5.02. The molecule has 0 radical (unpaired) electrons. The van der Waals surface area contributed by atoms with Crippen molar-refractivity contribution < 1.29 is 9.59 Å². The molecule has 0 unspecified atom stereocenters. The Labute approximate surface area is 152 Å². The smallest absolute Gasteiger partial charge is 0.227 e. The summed E-state index contributed by atoms with van der Waals surface area (Å²) in [5, 5.41) is 3.88. The SMILES string of the molecule is O=C(Nc1cc(Cl)ccc1Cl)C1CCC(C(=O)N2CCCC2)CC1. The lowest BCUT2D eigenvalue weighted by molar-refractivity contribution is -0.136. The molecular weight excluding hydrogens is 347 g/mol. The van der Waals surface area contributed by atoms with Crippen LogP contribution >= 0.6 is 23.2 Å². The van der Waals surface area contributed by atoms with Crippen molar-refractivity contribution in [2.24, 2.45) is 11.8 Å². The lowest BCUT2D eigenvalue weighted by Gasteiger charge is -2.29. The molecule has 4 nitrogen and oxygen atoms in total. The van der Waals surface area contributed by atoms with Gasteiger partial charge in [-0.3, -0.25) is 9.59 Å². The minimum atomic E-state index is -0.0670. The molecule has 0 spiro atoms. The van der Waals surface area contributed by atoms with E-state index in [-0.39, 0.29) is 23.7 Å². The Kier molecular flexibility index (Phi) is 5.67. The highest BCUT2D eigenvalue weighted by Crippen LogP contribution is 2.33. The van der Waals surface area contributed by atoms with Gasteiger partial charge in [0.2, 0.25) is 11.8 Å². The molecule has 3 rings (SSSR count). The van der Waals surface area contributed by atoms with Gasteiger partial charge in [0.25, 0.3) is 0 Å². The molecule has 0 atom stereocenters. The Morgan fingerprint density at radius 2 is 1.62 bits per heavy atom. The molecule has 130 valence electrons. The third-order valence-electron chi connectivity index (χ3n) is 5.05. The number of hydrogen-bond donors (Lipinski definition) is 1. The van der Waals surface area contributed by atoms with Crippen LogP contribution in [-0.4, -0.2) is 29.8 Å². The van der Waals surface area contributed by atoms with Gasteiger partial charge >= 0.3 is 0 Å². The van der Waals surface area contributed by atoms with Crippen molar-refractivity contribution in [2.45, 2.75) is 38.5 Å². The fraction of sp³-hybridized carbons (Fsp3) is 0.556. The molecule has 2 amide bonds. The second kappa shape index (κ2) is 7.75. The molecule has 1 saturated carbocycles. The summed E-state index contributed by atoms with van der Waals surface area (Å²) in [5.41, 5.74) is 0.546. The minimum Gasteiger partial charge on any atom is -0.342 e. The second-order valence-corrected chi connectivity index (χ2v) is 7.54. The van der Waals surface area contributed by atoms with E-state index in [4.69, 9.17) is 23.2 Å². The quantitative estimate of drug-likeness (QED) is 0.861. The van der Waals surface area contributed by atoms with Crippen LogP contribution in [0.15, 0.2) is 18.2 Å². The summed E-state index contributed by atoms with van der Waals surface area (Å²) in [4.78, 5) is 26.9. The van der Waals surface area contributed by atoms with Gasteiger partial charge in [-0.05, 0) is 56.7 Å². The average Bonchev–Trinajstić information content (AvgIpc) is 3.12. The highest BCUT2D eigenvalue weighted by Gasteiger charge is 2.33. The van der Waals surface area contributed by atoms with Crippen molar-refractivity contribution in [3.63, 3.8) is 0 Å². The van der Waals surface area contributed by atoms with Crippen LogP contribution in [0.4, 0.5) is 5.69 Å². The Hall–Kier alpha value is -1.26. The standard InChI is InChI=1S/C18H22Cl2N2O2/c19-14-7-8-15(20)16(11-14)21-17(23)12-3-5-13(6-4-12)18(24)22-9-1-2-10-22/h7-8,11-13H,1-6,9-10H2,(H,21,23). The predicted octanol–water partition coefficient (Wildman–Crippen LogP) is 4.36. The summed E-state index contributed by atoms with van der Waals surface area (Å²) in [7, 11) is 0. The zero-order valence-corrected chi connectivity index (χ0v) is 15.1. The number of nitrogens with one attached hydrogen (secondary N) is 1. The van der Waals surface area contributed by atoms with E-state index in [1.165, 1.54) is 0 Å². The number of likely N-dealkylation sites (tertiary alicyclic amines) is 1. The summed E-state index contributed by atoms with van der Waals surface area (Å²) >= 11 is 12.0. The number of carbonyl (C=O) groups is 2. The topological polar surface area (TPSA) is 49.4 Å². The highest BCUT2D eigenvalue weighted by molar-refractivity contribution is 6.35. The van der Waals surface area contributed by atoms with Gasteiger partial charge in [0.05, 0.1) is 10.7 Å². The number of benzene rings is 1. The summed E-state index contributed by atoms with van der Waals surface area (Å²) in [6.07, 6.45) is 5.30. The van der Waals surface area contributed by atoms with Crippen molar-refractivity contribution in [1.82, 2.24) is 4.90 Å². The van der Waals surface area contributed by atoms with Crippen LogP contribution < -0.4 is 5.32 Å². The molecule has 1 saturated heterocycles. The first-order valence-electron chi connectivity index (χ1n) is 8.59. The van der Waals surface area contributed by atoms with E-state index in [1.54, 1.807) is 18.2 Å². The molecular formula is C18H22Cl2N2O2. The number of nitrogens with zero attached hydrogens (tertiary/aromatic N) is 1. The van der Waals surface area contributed by atoms with Gasteiger partial charge in [-0.25, -0.2) is 0 Å². The first-order chi connectivity index (χ1) is 11.5. The van der Waals surface area contributed by atoms with E-state index in [0.717, 1.165) is 51.6 Å². The zero-order valence-electron chi connectivity index (χ0n) is 13.6. The molecule has 1 heterocycles. The third-order valence-corrected chi connectivity index (χ3v) is 5.62. The molecule has 1 N–H and O–H groups in total. The molecule has 6 heteroatoms. The van der Waals surface area contributed by atoms with Crippen LogP contribution in [0.2, 0.25) is 10.0 Å². The van der Waals surface area contributed by atoms with Crippen LogP contribution in [0.1, 0.15) is 38.5 Å². The normalized spacial score (nSPS) is 24.0. The van der Waals surface area contributed by atoms with E-state index < -0.39 is 0 Å². The number of anilines is 1. The van der Waals surface area contributed by atoms with Crippen LogP contribution in [-0.2, 0) is 9.59 Å². The van der Waals surface area contributed by atoms with Gasteiger partial charge in [-0.1, -0.05) is 23.2 Å². The summed E-state index contributed by atoms with van der Waals surface area (Å²) < 4.78 is 0.